The van der Waals surface area contributed by atoms with E-state index in [4.69, 9.17) is 5.11 Å². The Balaban J connectivity index is 2.41. The van der Waals surface area contributed by atoms with E-state index in [-0.39, 0.29) is 10.8 Å². The number of hydrogen-bond acceptors (Lipinski definition) is 6. The minimum absolute atomic E-state index is 0.263. The van der Waals surface area contributed by atoms with Crippen LogP contribution in [-0.4, -0.2) is 53.1 Å². The van der Waals surface area contributed by atoms with Gasteiger partial charge in [0.2, 0.25) is 0 Å². The lowest BCUT2D eigenvalue weighted by Crippen LogP contribution is -2.45. The molecule has 1 unspecified atom stereocenters. The first-order valence-corrected chi connectivity index (χ1v) is 8.10. The lowest BCUT2D eigenvalue weighted by molar-refractivity contribution is 0.0687. The topological polar surface area (TPSA) is 108 Å². The molecule has 0 spiro atoms. The molecule has 1 aliphatic heterocycles. The molecule has 0 bridgehead atoms. The van der Waals surface area contributed by atoms with E-state index >= 15 is 0 Å². The number of aromatic nitrogens is 1. The summed E-state index contributed by atoms with van der Waals surface area (Å²) in [7, 11) is -3.91. The zero-order valence-electron chi connectivity index (χ0n) is 10.0. The van der Waals surface area contributed by atoms with Crippen LogP contribution in [0.15, 0.2) is 9.72 Å². The van der Waals surface area contributed by atoms with Gasteiger partial charge in [-0.2, -0.15) is 4.31 Å². The molecule has 7 nitrogen and oxygen atoms in total. The highest BCUT2D eigenvalue weighted by Crippen LogP contribution is 2.29. The highest BCUT2D eigenvalue weighted by Gasteiger charge is 2.37. The van der Waals surface area contributed by atoms with E-state index in [9.17, 15) is 18.3 Å². The summed E-state index contributed by atoms with van der Waals surface area (Å²) in [5.41, 5.74) is 0.751. The predicted molar refractivity (Wildman–Crippen MR) is 67.7 cm³/mol. The molecule has 9 heteroatoms. The van der Waals surface area contributed by atoms with E-state index in [1.807, 2.05) is 0 Å². The molecular weight excluding hydrogens is 292 g/mol. The van der Waals surface area contributed by atoms with E-state index in [0.29, 0.717) is 19.4 Å². The molecule has 0 amide bonds. The third-order valence-electron chi connectivity index (χ3n) is 3.06. The predicted octanol–water partition coefficient (Wildman–Crippen LogP) is 0.377. The standard InChI is InChI=1S/C10H14N2O5S2/c13-5-7-3-1-2-4-12(7)19(16,17)10-8(9(14)15)11-6-18-10/h6-7,13H,1-5H2,(H,14,15). The minimum atomic E-state index is -3.91. The van der Waals surface area contributed by atoms with Gasteiger partial charge in [-0.05, 0) is 12.8 Å². The molecule has 2 N–H and O–H groups in total. The summed E-state index contributed by atoms with van der Waals surface area (Å²) in [6, 6.07) is -0.484. The van der Waals surface area contributed by atoms with E-state index in [1.165, 1.54) is 9.82 Å². The number of thiazole rings is 1. The lowest BCUT2D eigenvalue weighted by atomic mass is 10.1. The van der Waals surface area contributed by atoms with Gasteiger partial charge < -0.3 is 10.2 Å². The first-order valence-electron chi connectivity index (χ1n) is 5.78. The van der Waals surface area contributed by atoms with E-state index < -0.39 is 27.7 Å². The molecule has 0 saturated carbocycles. The molecule has 2 rings (SSSR count). The molecule has 1 fully saturated rings. The maximum absolute atomic E-state index is 12.5. The number of aromatic carboxylic acids is 1. The first kappa shape index (κ1) is 14.4. The highest BCUT2D eigenvalue weighted by atomic mass is 32.2. The molecule has 0 aromatic carbocycles. The average Bonchev–Trinajstić information content (AvgIpc) is 2.88. The van der Waals surface area contributed by atoms with Crippen molar-refractivity contribution < 1.29 is 23.4 Å². The Hall–Kier alpha value is -1.03. The summed E-state index contributed by atoms with van der Waals surface area (Å²) >= 11 is 0.788. The number of carbonyl (C=O) groups is 1. The van der Waals surface area contributed by atoms with E-state index in [0.717, 1.165) is 17.8 Å². The van der Waals surface area contributed by atoms with Crippen molar-refractivity contribution in [3.63, 3.8) is 0 Å². The van der Waals surface area contributed by atoms with Gasteiger partial charge >= 0.3 is 5.97 Å². The second-order valence-corrected chi connectivity index (χ2v) is 7.18. The number of hydrogen-bond donors (Lipinski definition) is 2. The zero-order valence-corrected chi connectivity index (χ0v) is 11.7. The number of piperidine rings is 1. The van der Waals surface area contributed by atoms with Gasteiger partial charge in [0.05, 0.1) is 12.1 Å². The third kappa shape index (κ3) is 2.64. The molecule has 1 saturated heterocycles. The average molecular weight is 306 g/mol. The number of aliphatic hydroxyl groups excluding tert-OH is 1. The Bertz CT molecular complexity index is 568. The fourth-order valence-corrected chi connectivity index (χ4v) is 5.08. The van der Waals surface area contributed by atoms with Gasteiger partial charge in [-0.3, -0.25) is 0 Å². The summed E-state index contributed by atoms with van der Waals surface area (Å²) in [4.78, 5) is 14.6. The van der Waals surface area contributed by atoms with Crippen LogP contribution in [-0.2, 0) is 10.0 Å². The molecule has 1 aromatic rings. The van der Waals surface area contributed by atoms with Gasteiger partial charge in [-0.15, -0.1) is 11.3 Å². The largest absolute Gasteiger partial charge is 0.476 e. The van der Waals surface area contributed by atoms with Crippen LogP contribution >= 0.6 is 11.3 Å². The van der Waals surface area contributed by atoms with Crippen molar-refractivity contribution in [3.8, 4) is 0 Å². The fraction of sp³-hybridized carbons (Fsp3) is 0.600. The van der Waals surface area contributed by atoms with Crippen molar-refractivity contribution in [2.75, 3.05) is 13.2 Å². The Morgan fingerprint density at radius 2 is 2.26 bits per heavy atom. The summed E-state index contributed by atoms with van der Waals surface area (Å²) in [5.74, 6) is -1.36. The first-order chi connectivity index (χ1) is 8.98. The number of sulfonamides is 1. The molecule has 0 radical (unpaired) electrons. The maximum Gasteiger partial charge on any atom is 0.356 e. The third-order valence-corrected chi connectivity index (χ3v) is 6.36. The van der Waals surface area contributed by atoms with Crippen LogP contribution in [0.25, 0.3) is 0 Å². The van der Waals surface area contributed by atoms with Crippen LogP contribution in [0.2, 0.25) is 0 Å². The monoisotopic (exact) mass is 306 g/mol. The molecule has 1 aliphatic rings. The normalized spacial score (nSPS) is 21.4. The van der Waals surface area contributed by atoms with Gasteiger partial charge in [-0.1, -0.05) is 6.42 Å². The van der Waals surface area contributed by atoms with Gasteiger partial charge in [0, 0.05) is 12.6 Å². The minimum Gasteiger partial charge on any atom is -0.476 e. The van der Waals surface area contributed by atoms with Crippen LogP contribution in [0.3, 0.4) is 0 Å². The summed E-state index contributed by atoms with van der Waals surface area (Å²) in [6.07, 6.45) is 2.14. The van der Waals surface area contributed by atoms with Crippen molar-refractivity contribution in [2.45, 2.75) is 29.5 Å². The molecule has 19 heavy (non-hydrogen) atoms. The Morgan fingerprint density at radius 1 is 1.53 bits per heavy atom. The zero-order chi connectivity index (χ0) is 14.0. The summed E-state index contributed by atoms with van der Waals surface area (Å²) < 4.78 is 25.9. The van der Waals surface area contributed by atoms with Gasteiger partial charge in [0.1, 0.15) is 0 Å². The Morgan fingerprint density at radius 3 is 2.89 bits per heavy atom. The van der Waals surface area contributed by atoms with Crippen LogP contribution in [0.1, 0.15) is 29.8 Å². The molecule has 0 aliphatic carbocycles. The van der Waals surface area contributed by atoms with E-state index in [1.54, 1.807) is 0 Å². The molecule has 1 aromatic heterocycles. The molecule has 2 heterocycles. The van der Waals surface area contributed by atoms with Crippen molar-refractivity contribution >= 4 is 27.3 Å². The Kier molecular flexibility index (Phi) is 4.19. The maximum atomic E-state index is 12.5. The van der Waals surface area contributed by atoms with Crippen molar-refractivity contribution in [1.82, 2.24) is 9.29 Å². The fourth-order valence-electron chi connectivity index (χ4n) is 2.14. The van der Waals surface area contributed by atoms with Crippen LogP contribution in [0.4, 0.5) is 0 Å². The van der Waals surface area contributed by atoms with Crippen molar-refractivity contribution in [3.05, 3.63) is 11.2 Å². The number of aliphatic hydroxyl groups is 1. The number of carboxylic acids is 1. The van der Waals surface area contributed by atoms with Gasteiger partial charge in [-0.25, -0.2) is 18.2 Å². The Labute approximate surface area is 114 Å². The highest BCUT2D eigenvalue weighted by molar-refractivity contribution is 7.91. The molecule has 1 atom stereocenters. The number of carboxylic acid groups (broad SMARTS) is 1. The molecular formula is C10H14N2O5S2. The lowest BCUT2D eigenvalue weighted by Gasteiger charge is -2.32. The number of rotatable bonds is 4. The molecule has 106 valence electrons. The van der Waals surface area contributed by atoms with Gasteiger partial charge in [0.25, 0.3) is 10.0 Å². The van der Waals surface area contributed by atoms with Crippen LogP contribution in [0.5, 0.6) is 0 Å². The summed E-state index contributed by atoms with van der Waals surface area (Å²) in [6.45, 7) is 0.0327. The van der Waals surface area contributed by atoms with Gasteiger partial charge in [0.15, 0.2) is 9.90 Å². The smallest absolute Gasteiger partial charge is 0.356 e. The quantitative estimate of drug-likeness (QED) is 0.832. The number of nitrogens with zero attached hydrogens (tertiary/aromatic N) is 2. The van der Waals surface area contributed by atoms with Crippen molar-refractivity contribution in [1.29, 1.82) is 0 Å². The van der Waals surface area contributed by atoms with E-state index in [2.05, 4.69) is 4.98 Å². The van der Waals surface area contributed by atoms with Crippen LogP contribution < -0.4 is 0 Å². The second kappa shape index (κ2) is 5.53. The van der Waals surface area contributed by atoms with Crippen molar-refractivity contribution in [2.24, 2.45) is 0 Å². The summed E-state index contributed by atoms with van der Waals surface area (Å²) in [5, 5.41) is 18.2. The van der Waals surface area contributed by atoms with Crippen LogP contribution in [0, 0.1) is 0 Å². The SMILES string of the molecule is O=C(O)c1ncsc1S(=O)(=O)N1CCCCC1CO. The second-order valence-electron chi connectivity index (χ2n) is 4.24.